The van der Waals surface area contributed by atoms with E-state index in [0.29, 0.717) is 5.92 Å². The second-order valence-electron chi connectivity index (χ2n) is 5.43. The highest BCUT2D eigenvalue weighted by molar-refractivity contribution is 5.94. The molecule has 1 fully saturated rings. The van der Waals surface area contributed by atoms with Crippen LogP contribution in [0, 0.1) is 5.92 Å². The molecule has 0 radical (unpaired) electrons. The molecule has 0 N–H and O–H groups in total. The molecule has 1 aliphatic heterocycles. The molecule has 1 saturated carbocycles. The number of allylic oxidation sites excluding steroid dienone is 2. The Kier molecular flexibility index (Phi) is 4.62. The fourth-order valence-electron chi connectivity index (χ4n) is 3.08. The minimum atomic E-state index is -0.0787. The lowest BCUT2D eigenvalue weighted by Crippen LogP contribution is -2.04. The van der Waals surface area contributed by atoms with Crippen molar-refractivity contribution in [3.05, 3.63) is 23.0 Å². The number of carbonyl (C=O) groups excluding carboxylic acids is 1. The van der Waals surface area contributed by atoms with Crippen LogP contribution in [0.15, 0.2) is 23.0 Å². The van der Waals surface area contributed by atoms with Gasteiger partial charge in [-0.15, -0.1) is 0 Å². The molecule has 18 heavy (non-hydrogen) atoms. The van der Waals surface area contributed by atoms with Gasteiger partial charge in [0, 0.05) is 11.1 Å². The van der Waals surface area contributed by atoms with Crippen molar-refractivity contribution in [2.24, 2.45) is 5.92 Å². The van der Waals surface area contributed by atoms with Crippen LogP contribution < -0.4 is 0 Å². The van der Waals surface area contributed by atoms with Crippen molar-refractivity contribution in [3.63, 3.8) is 0 Å². The number of rotatable bonds is 5. The van der Waals surface area contributed by atoms with E-state index >= 15 is 0 Å². The van der Waals surface area contributed by atoms with Crippen LogP contribution in [0.5, 0.6) is 0 Å². The quantitative estimate of drug-likeness (QED) is 0.669. The molecule has 2 rings (SSSR count). The first-order valence-electron chi connectivity index (χ1n) is 7.41. The topological polar surface area (TPSA) is 26.3 Å². The average molecular weight is 248 g/mol. The van der Waals surface area contributed by atoms with Crippen LogP contribution in [-0.4, -0.2) is 5.97 Å². The van der Waals surface area contributed by atoms with Crippen molar-refractivity contribution in [2.45, 2.75) is 65.2 Å². The second kappa shape index (κ2) is 6.21. The zero-order valence-corrected chi connectivity index (χ0v) is 11.6. The Hall–Kier alpha value is -1.05. The van der Waals surface area contributed by atoms with Crippen LogP contribution in [0.4, 0.5) is 0 Å². The Labute approximate surface area is 110 Å². The van der Waals surface area contributed by atoms with Gasteiger partial charge in [-0.05, 0) is 31.3 Å². The van der Waals surface area contributed by atoms with Crippen LogP contribution >= 0.6 is 0 Å². The SMILES string of the molecule is CC/C=C1\OC(=O)C(CC2CCCC2)=C1CCC. The van der Waals surface area contributed by atoms with E-state index in [9.17, 15) is 4.79 Å². The highest BCUT2D eigenvalue weighted by Gasteiger charge is 2.31. The molecule has 0 amide bonds. The van der Waals surface area contributed by atoms with Gasteiger partial charge in [-0.1, -0.05) is 46.0 Å². The molecular weight excluding hydrogens is 224 g/mol. The van der Waals surface area contributed by atoms with Crippen molar-refractivity contribution >= 4 is 5.97 Å². The van der Waals surface area contributed by atoms with Crippen LogP contribution in [0.25, 0.3) is 0 Å². The van der Waals surface area contributed by atoms with E-state index in [-0.39, 0.29) is 5.97 Å². The smallest absolute Gasteiger partial charge is 0.339 e. The maximum Gasteiger partial charge on any atom is 0.339 e. The van der Waals surface area contributed by atoms with E-state index in [1.54, 1.807) is 0 Å². The van der Waals surface area contributed by atoms with Crippen molar-refractivity contribution < 1.29 is 9.53 Å². The number of carbonyl (C=O) groups is 1. The monoisotopic (exact) mass is 248 g/mol. The van der Waals surface area contributed by atoms with E-state index in [0.717, 1.165) is 37.0 Å². The first-order chi connectivity index (χ1) is 8.76. The first kappa shape index (κ1) is 13.4. The molecule has 100 valence electrons. The third kappa shape index (κ3) is 2.85. The van der Waals surface area contributed by atoms with Gasteiger partial charge in [0.2, 0.25) is 0 Å². The third-order valence-corrected chi connectivity index (χ3v) is 3.97. The van der Waals surface area contributed by atoms with Gasteiger partial charge in [0.05, 0.1) is 0 Å². The van der Waals surface area contributed by atoms with Gasteiger partial charge >= 0.3 is 5.97 Å². The van der Waals surface area contributed by atoms with Crippen LogP contribution in [-0.2, 0) is 9.53 Å². The zero-order chi connectivity index (χ0) is 13.0. The molecule has 0 aromatic carbocycles. The molecule has 0 aromatic heterocycles. The van der Waals surface area contributed by atoms with Crippen LogP contribution in [0.1, 0.15) is 65.2 Å². The van der Waals surface area contributed by atoms with E-state index in [2.05, 4.69) is 13.8 Å². The zero-order valence-electron chi connectivity index (χ0n) is 11.6. The maximum atomic E-state index is 12.0. The summed E-state index contributed by atoms with van der Waals surface area (Å²) in [4.78, 5) is 12.0. The summed E-state index contributed by atoms with van der Waals surface area (Å²) in [6.07, 6.45) is 11.2. The fraction of sp³-hybridized carbons (Fsp3) is 0.688. The van der Waals surface area contributed by atoms with Crippen LogP contribution in [0.3, 0.4) is 0 Å². The Balaban J connectivity index is 2.19. The Morgan fingerprint density at radius 2 is 1.94 bits per heavy atom. The third-order valence-electron chi connectivity index (χ3n) is 3.97. The molecule has 0 aromatic rings. The van der Waals surface area contributed by atoms with Gasteiger partial charge in [0.1, 0.15) is 5.76 Å². The Morgan fingerprint density at radius 3 is 2.56 bits per heavy atom. The Bertz CT molecular complexity index is 371. The summed E-state index contributed by atoms with van der Waals surface area (Å²) in [5.74, 6) is 1.47. The number of hydrogen-bond donors (Lipinski definition) is 0. The van der Waals surface area contributed by atoms with Crippen molar-refractivity contribution in [1.29, 1.82) is 0 Å². The van der Waals surface area contributed by atoms with E-state index in [1.165, 1.54) is 31.3 Å². The first-order valence-corrected chi connectivity index (χ1v) is 7.41. The van der Waals surface area contributed by atoms with Gasteiger partial charge < -0.3 is 4.74 Å². The maximum absolute atomic E-state index is 12.0. The molecule has 2 nitrogen and oxygen atoms in total. The van der Waals surface area contributed by atoms with E-state index in [4.69, 9.17) is 4.74 Å². The van der Waals surface area contributed by atoms with Gasteiger partial charge in [-0.2, -0.15) is 0 Å². The molecule has 0 unspecified atom stereocenters. The van der Waals surface area contributed by atoms with Gasteiger partial charge in [-0.3, -0.25) is 0 Å². The minimum absolute atomic E-state index is 0.0787. The van der Waals surface area contributed by atoms with E-state index < -0.39 is 0 Å². The predicted octanol–water partition coefficient (Wildman–Crippen LogP) is 4.51. The lowest BCUT2D eigenvalue weighted by molar-refractivity contribution is -0.133. The molecule has 2 aliphatic rings. The van der Waals surface area contributed by atoms with E-state index in [1.807, 2.05) is 6.08 Å². The molecule has 0 bridgehead atoms. The predicted molar refractivity (Wildman–Crippen MR) is 73.0 cm³/mol. The summed E-state index contributed by atoms with van der Waals surface area (Å²) in [5, 5.41) is 0. The van der Waals surface area contributed by atoms with Crippen molar-refractivity contribution in [2.75, 3.05) is 0 Å². The number of hydrogen-bond acceptors (Lipinski definition) is 2. The summed E-state index contributed by atoms with van der Waals surface area (Å²) in [7, 11) is 0. The number of cyclic esters (lactones) is 1. The summed E-state index contributed by atoms with van der Waals surface area (Å²) in [6.45, 7) is 4.24. The second-order valence-corrected chi connectivity index (χ2v) is 5.43. The number of esters is 1. The van der Waals surface area contributed by atoms with Gasteiger partial charge in [0.15, 0.2) is 0 Å². The molecule has 0 saturated heterocycles. The Morgan fingerprint density at radius 1 is 1.22 bits per heavy atom. The highest BCUT2D eigenvalue weighted by Crippen LogP contribution is 2.37. The normalized spacial score (nSPS) is 23.2. The largest absolute Gasteiger partial charge is 0.423 e. The van der Waals surface area contributed by atoms with Gasteiger partial charge in [-0.25, -0.2) is 4.79 Å². The average Bonchev–Trinajstić information content (AvgIpc) is 2.94. The van der Waals surface area contributed by atoms with Crippen molar-refractivity contribution in [3.8, 4) is 0 Å². The van der Waals surface area contributed by atoms with Crippen molar-refractivity contribution in [1.82, 2.24) is 0 Å². The molecule has 2 heteroatoms. The fourth-order valence-corrected chi connectivity index (χ4v) is 3.08. The summed E-state index contributed by atoms with van der Waals surface area (Å²) < 4.78 is 5.44. The molecule has 0 atom stereocenters. The molecule has 1 aliphatic carbocycles. The molecule has 1 heterocycles. The lowest BCUT2D eigenvalue weighted by Gasteiger charge is -2.09. The summed E-state index contributed by atoms with van der Waals surface area (Å²) in [6, 6.07) is 0. The van der Waals surface area contributed by atoms with Gasteiger partial charge in [0.25, 0.3) is 0 Å². The summed E-state index contributed by atoms with van der Waals surface area (Å²) >= 11 is 0. The summed E-state index contributed by atoms with van der Waals surface area (Å²) in [5.41, 5.74) is 2.17. The molecular formula is C16H24O2. The minimum Gasteiger partial charge on any atom is -0.423 e. The lowest BCUT2D eigenvalue weighted by atomic mass is 9.93. The van der Waals surface area contributed by atoms with Crippen LogP contribution in [0.2, 0.25) is 0 Å². The number of ether oxygens (including phenoxy) is 1. The molecule has 0 spiro atoms. The standard InChI is InChI=1S/C16H24O2/c1-3-7-13-14(11-12-9-5-6-10-12)16(17)18-15(13)8-4-2/h8,12H,3-7,9-11H2,1-2H3/b15-8-. The highest BCUT2D eigenvalue weighted by atomic mass is 16.5.